The van der Waals surface area contributed by atoms with Gasteiger partial charge in [0.25, 0.3) is 5.91 Å². The second-order valence-electron chi connectivity index (χ2n) is 4.14. The molecular formula is C12H16N2O2. The molecule has 0 saturated heterocycles. The minimum atomic E-state index is -0.0246. The molecule has 0 aromatic carbocycles. The smallest absolute Gasteiger partial charge is 0.266 e. The van der Waals surface area contributed by atoms with Crippen molar-refractivity contribution in [3.63, 3.8) is 0 Å². The molecule has 0 saturated carbocycles. The van der Waals surface area contributed by atoms with E-state index in [0.717, 1.165) is 5.69 Å². The lowest BCUT2D eigenvalue weighted by atomic mass is 10.1. The number of rotatable bonds is 2. The van der Waals surface area contributed by atoms with Gasteiger partial charge in [-0.25, -0.2) is 4.98 Å². The fourth-order valence-corrected chi connectivity index (χ4v) is 1.74. The standard InChI is InChI=1S/C12H16N2O2/c1-4-14-11(15)7-16-10-6-5-9(8(2)3)13-12(10)14/h5-6,8H,4,7H2,1-3H3. The number of aromatic nitrogens is 1. The third-order valence-corrected chi connectivity index (χ3v) is 2.68. The summed E-state index contributed by atoms with van der Waals surface area (Å²) in [5.74, 6) is 1.68. The molecule has 0 fully saturated rings. The largest absolute Gasteiger partial charge is 0.480 e. The Morgan fingerprint density at radius 2 is 2.25 bits per heavy atom. The van der Waals surface area contributed by atoms with Crippen molar-refractivity contribution in [3.8, 4) is 5.75 Å². The van der Waals surface area contributed by atoms with Crippen molar-refractivity contribution in [2.45, 2.75) is 26.7 Å². The number of fused-ring (bicyclic) bond motifs is 1. The van der Waals surface area contributed by atoms with Crippen LogP contribution in [0.3, 0.4) is 0 Å². The van der Waals surface area contributed by atoms with Crippen molar-refractivity contribution in [1.29, 1.82) is 0 Å². The Morgan fingerprint density at radius 3 is 2.88 bits per heavy atom. The van der Waals surface area contributed by atoms with Gasteiger partial charge in [0.1, 0.15) is 0 Å². The lowest BCUT2D eigenvalue weighted by molar-refractivity contribution is -0.121. The topological polar surface area (TPSA) is 42.4 Å². The molecule has 2 rings (SSSR count). The van der Waals surface area contributed by atoms with Crippen LogP contribution in [0.1, 0.15) is 32.4 Å². The van der Waals surface area contributed by atoms with Gasteiger partial charge in [-0.3, -0.25) is 9.69 Å². The number of hydrogen-bond acceptors (Lipinski definition) is 3. The summed E-state index contributed by atoms with van der Waals surface area (Å²) in [7, 11) is 0. The van der Waals surface area contributed by atoms with Crippen LogP contribution in [0.4, 0.5) is 5.82 Å². The van der Waals surface area contributed by atoms with Gasteiger partial charge in [0, 0.05) is 12.2 Å². The minimum absolute atomic E-state index is 0.0246. The number of hydrogen-bond donors (Lipinski definition) is 0. The monoisotopic (exact) mass is 220 g/mol. The van der Waals surface area contributed by atoms with Gasteiger partial charge in [-0.05, 0) is 25.0 Å². The van der Waals surface area contributed by atoms with E-state index in [0.29, 0.717) is 24.0 Å². The number of nitrogens with zero attached hydrogens (tertiary/aromatic N) is 2. The quantitative estimate of drug-likeness (QED) is 0.765. The van der Waals surface area contributed by atoms with E-state index in [4.69, 9.17) is 4.74 Å². The van der Waals surface area contributed by atoms with Crippen LogP contribution >= 0.6 is 0 Å². The van der Waals surface area contributed by atoms with Crippen molar-refractivity contribution < 1.29 is 9.53 Å². The molecule has 4 nitrogen and oxygen atoms in total. The molecule has 0 spiro atoms. The Kier molecular flexibility index (Phi) is 2.81. The van der Waals surface area contributed by atoms with E-state index in [1.165, 1.54) is 0 Å². The number of likely N-dealkylation sites (N-methyl/N-ethyl adjacent to an activating group) is 1. The Bertz CT molecular complexity index is 415. The fraction of sp³-hybridized carbons (Fsp3) is 0.500. The third-order valence-electron chi connectivity index (χ3n) is 2.68. The Hall–Kier alpha value is -1.58. The molecule has 0 radical (unpaired) electrons. The number of carbonyl (C=O) groups is 1. The number of anilines is 1. The van der Waals surface area contributed by atoms with Crippen LogP contribution in [0.2, 0.25) is 0 Å². The number of pyridine rings is 1. The predicted octanol–water partition coefficient (Wildman–Crippen LogP) is 1.95. The second kappa shape index (κ2) is 4.12. The summed E-state index contributed by atoms with van der Waals surface area (Å²) in [6, 6.07) is 3.85. The van der Waals surface area contributed by atoms with Gasteiger partial charge in [-0.2, -0.15) is 0 Å². The summed E-state index contributed by atoms with van der Waals surface area (Å²) in [6.07, 6.45) is 0. The summed E-state index contributed by atoms with van der Waals surface area (Å²) >= 11 is 0. The number of amides is 1. The molecule has 1 aromatic rings. The Balaban J connectivity index is 2.45. The van der Waals surface area contributed by atoms with Gasteiger partial charge in [-0.1, -0.05) is 13.8 Å². The first-order valence-electron chi connectivity index (χ1n) is 5.57. The zero-order valence-electron chi connectivity index (χ0n) is 9.86. The van der Waals surface area contributed by atoms with E-state index in [2.05, 4.69) is 18.8 Å². The van der Waals surface area contributed by atoms with E-state index >= 15 is 0 Å². The molecule has 0 N–H and O–H groups in total. The molecule has 0 atom stereocenters. The fourth-order valence-electron chi connectivity index (χ4n) is 1.74. The van der Waals surface area contributed by atoms with E-state index in [1.54, 1.807) is 4.90 Å². The van der Waals surface area contributed by atoms with Crippen LogP contribution in [-0.2, 0) is 4.79 Å². The normalized spacial score (nSPS) is 15.0. The van der Waals surface area contributed by atoms with Crippen LogP contribution in [-0.4, -0.2) is 24.0 Å². The summed E-state index contributed by atoms with van der Waals surface area (Å²) in [4.78, 5) is 17.8. The summed E-state index contributed by atoms with van der Waals surface area (Å²) < 4.78 is 5.35. The minimum Gasteiger partial charge on any atom is -0.480 e. The average molecular weight is 220 g/mol. The SMILES string of the molecule is CCN1C(=O)COc2ccc(C(C)C)nc21. The molecule has 1 aliphatic rings. The highest BCUT2D eigenvalue weighted by Crippen LogP contribution is 2.31. The van der Waals surface area contributed by atoms with Crippen molar-refractivity contribution in [2.75, 3.05) is 18.1 Å². The van der Waals surface area contributed by atoms with Crippen LogP contribution in [0.5, 0.6) is 5.75 Å². The number of carbonyl (C=O) groups excluding carboxylic acids is 1. The molecule has 4 heteroatoms. The molecule has 0 unspecified atom stereocenters. The Morgan fingerprint density at radius 1 is 1.50 bits per heavy atom. The van der Waals surface area contributed by atoms with Gasteiger partial charge in [-0.15, -0.1) is 0 Å². The summed E-state index contributed by atoms with van der Waals surface area (Å²) in [6.45, 7) is 6.84. The van der Waals surface area contributed by atoms with Crippen molar-refractivity contribution in [1.82, 2.24) is 4.98 Å². The van der Waals surface area contributed by atoms with Gasteiger partial charge >= 0.3 is 0 Å². The molecule has 0 bridgehead atoms. The zero-order chi connectivity index (χ0) is 11.7. The second-order valence-corrected chi connectivity index (χ2v) is 4.14. The lowest BCUT2D eigenvalue weighted by Gasteiger charge is -2.27. The molecule has 16 heavy (non-hydrogen) atoms. The predicted molar refractivity (Wildman–Crippen MR) is 61.8 cm³/mol. The third kappa shape index (κ3) is 1.75. The van der Waals surface area contributed by atoms with Gasteiger partial charge in [0.05, 0.1) is 0 Å². The van der Waals surface area contributed by atoms with Gasteiger partial charge < -0.3 is 4.74 Å². The van der Waals surface area contributed by atoms with Gasteiger partial charge in [0.15, 0.2) is 18.2 Å². The van der Waals surface area contributed by atoms with Gasteiger partial charge in [0.2, 0.25) is 0 Å². The first-order valence-corrected chi connectivity index (χ1v) is 5.57. The zero-order valence-corrected chi connectivity index (χ0v) is 9.86. The summed E-state index contributed by atoms with van der Waals surface area (Å²) in [5.41, 5.74) is 0.982. The van der Waals surface area contributed by atoms with Crippen LogP contribution in [0.15, 0.2) is 12.1 Å². The highest BCUT2D eigenvalue weighted by molar-refractivity contribution is 5.96. The molecule has 0 aliphatic carbocycles. The molecule has 1 aromatic heterocycles. The van der Waals surface area contributed by atoms with Crippen molar-refractivity contribution in [2.24, 2.45) is 0 Å². The van der Waals surface area contributed by atoms with E-state index < -0.39 is 0 Å². The van der Waals surface area contributed by atoms with Crippen LogP contribution in [0.25, 0.3) is 0 Å². The van der Waals surface area contributed by atoms with Crippen LogP contribution < -0.4 is 9.64 Å². The van der Waals surface area contributed by atoms with Crippen LogP contribution in [0, 0.1) is 0 Å². The molecule has 2 heterocycles. The first-order chi connectivity index (χ1) is 7.63. The molecule has 1 amide bonds. The van der Waals surface area contributed by atoms with E-state index in [9.17, 15) is 4.79 Å². The first kappa shape index (κ1) is 10.9. The highest BCUT2D eigenvalue weighted by Gasteiger charge is 2.25. The lowest BCUT2D eigenvalue weighted by Crippen LogP contribution is -2.39. The van der Waals surface area contributed by atoms with Crippen molar-refractivity contribution in [3.05, 3.63) is 17.8 Å². The van der Waals surface area contributed by atoms with E-state index in [1.807, 2.05) is 19.1 Å². The highest BCUT2D eigenvalue weighted by atomic mass is 16.5. The Labute approximate surface area is 95.2 Å². The maximum absolute atomic E-state index is 11.6. The molecule has 1 aliphatic heterocycles. The van der Waals surface area contributed by atoms with Crippen molar-refractivity contribution >= 4 is 11.7 Å². The number of ether oxygens (including phenoxy) is 1. The summed E-state index contributed by atoms with van der Waals surface area (Å²) in [5, 5.41) is 0. The molecular weight excluding hydrogens is 204 g/mol. The maximum atomic E-state index is 11.6. The van der Waals surface area contributed by atoms with E-state index in [-0.39, 0.29) is 12.5 Å². The molecule has 86 valence electrons. The maximum Gasteiger partial charge on any atom is 0.266 e. The average Bonchev–Trinajstić information content (AvgIpc) is 2.28.